The first kappa shape index (κ1) is 15.5. The Hall–Kier alpha value is -1.98. The highest BCUT2D eigenvalue weighted by Gasteiger charge is 2.20. The number of nitrogens with one attached hydrogen (secondary N) is 1. The summed E-state index contributed by atoms with van der Waals surface area (Å²) in [6, 6.07) is 10.4. The molecule has 2 aromatic heterocycles. The first-order chi connectivity index (χ1) is 11.8. The molecule has 0 spiro atoms. The maximum Gasteiger partial charge on any atom is 0.258 e. The van der Waals surface area contributed by atoms with Crippen LogP contribution in [0.15, 0.2) is 48.0 Å². The van der Waals surface area contributed by atoms with Gasteiger partial charge in [0.1, 0.15) is 0 Å². The summed E-state index contributed by atoms with van der Waals surface area (Å²) < 4.78 is 1.21. The van der Waals surface area contributed by atoms with E-state index in [-0.39, 0.29) is 5.91 Å². The summed E-state index contributed by atoms with van der Waals surface area (Å²) in [5, 5.41) is 6.66. The smallest absolute Gasteiger partial charge is 0.258 e. The number of thiazole rings is 1. The minimum absolute atomic E-state index is 0.0524. The molecule has 1 amide bonds. The van der Waals surface area contributed by atoms with Gasteiger partial charge in [0, 0.05) is 21.2 Å². The highest BCUT2D eigenvalue weighted by atomic mass is 32.1. The zero-order chi connectivity index (χ0) is 16.4. The zero-order valence-electron chi connectivity index (χ0n) is 13.2. The fourth-order valence-electron chi connectivity index (χ4n) is 3.19. The number of aromatic nitrogens is 1. The second-order valence-corrected chi connectivity index (χ2v) is 8.04. The Labute approximate surface area is 149 Å². The molecule has 1 aliphatic rings. The summed E-state index contributed by atoms with van der Waals surface area (Å²) in [6.07, 6.45) is 8.77. The van der Waals surface area contributed by atoms with Crippen LogP contribution in [0.4, 0.5) is 5.13 Å². The molecule has 1 aliphatic carbocycles. The van der Waals surface area contributed by atoms with Crippen LogP contribution in [0.1, 0.15) is 30.6 Å². The third-order valence-electron chi connectivity index (χ3n) is 4.39. The summed E-state index contributed by atoms with van der Waals surface area (Å²) in [6.45, 7) is 0. The third-order valence-corrected chi connectivity index (χ3v) is 6.23. The number of thiophene rings is 1. The van der Waals surface area contributed by atoms with Crippen LogP contribution in [-0.4, -0.2) is 10.9 Å². The van der Waals surface area contributed by atoms with Crippen molar-refractivity contribution in [2.24, 2.45) is 5.92 Å². The van der Waals surface area contributed by atoms with E-state index in [2.05, 4.69) is 34.6 Å². The Bertz CT molecular complexity index is 841. The molecule has 0 atom stereocenters. The zero-order valence-corrected chi connectivity index (χ0v) is 14.8. The predicted molar refractivity (Wildman–Crippen MR) is 103 cm³/mol. The molecule has 5 heteroatoms. The Balaban J connectivity index is 1.70. The molecular weight excluding hydrogens is 336 g/mol. The fourth-order valence-corrected chi connectivity index (χ4v) is 4.80. The number of carbonyl (C=O) groups is 1. The van der Waals surface area contributed by atoms with Gasteiger partial charge >= 0.3 is 0 Å². The number of hydrogen-bond acceptors (Lipinski definition) is 4. The molecule has 0 radical (unpaired) electrons. The van der Waals surface area contributed by atoms with E-state index >= 15 is 0 Å². The molecule has 1 aromatic carbocycles. The SMILES string of the molecule is O=C(Nc1nccs1)/C(=C/C1CCCC1)c1cc2ccccc2s1. The van der Waals surface area contributed by atoms with Crippen LogP contribution in [0, 0.1) is 5.92 Å². The average molecular weight is 354 g/mol. The van der Waals surface area contributed by atoms with Crippen LogP contribution >= 0.6 is 22.7 Å². The van der Waals surface area contributed by atoms with Gasteiger partial charge < -0.3 is 0 Å². The topological polar surface area (TPSA) is 42.0 Å². The minimum atomic E-state index is -0.0524. The second kappa shape index (κ2) is 6.87. The Kier molecular flexibility index (Phi) is 4.45. The number of anilines is 1. The van der Waals surface area contributed by atoms with Crippen LogP contribution in [0.25, 0.3) is 15.7 Å². The van der Waals surface area contributed by atoms with Gasteiger partial charge in [0.15, 0.2) is 5.13 Å². The van der Waals surface area contributed by atoms with Gasteiger partial charge in [-0.05, 0) is 36.3 Å². The summed E-state index contributed by atoms with van der Waals surface area (Å²) in [7, 11) is 0. The molecule has 3 aromatic rings. The fraction of sp³-hybridized carbons (Fsp3) is 0.263. The molecule has 1 N–H and O–H groups in total. The average Bonchev–Trinajstić information content (AvgIpc) is 3.33. The Morgan fingerprint density at radius 3 is 2.83 bits per heavy atom. The lowest BCUT2D eigenvalue weighted by Crippen LogP contribution is -2.13. The Morgan fingerprint density at radius 1 is 1.25 bits per heavy atom. The van der Waals surface area contributed by atoms with Crippen LogP contribution in [-0.2, 0) is 4.79 Å². The molecule has 122 valence electrons. The maximum atomic E-state index is 12.9. The lowest BCUT2D eigenvalue weighted by molar-refractivity contribution is -0.111. The van der Waals surface area contributed by atoms with Gasteiger partial charge in [0.2, 0.25) is 0 Å². The van der Waals surface area contributed by atoms with Crippen molar-refractivity contribution in [2.45, 2.75) is 25.7 Å². The predicted octanol–water partition coefficient (Wildman–Crippen LogP) is 5.57. The van der Waals surface area contributed by atoms with Gasteiger partial charge in [-0.25, -0.2) is 4.98 Å². The number of hydrogen-bond donors (Lipinski definition) is 1. The van der Waals surface area contributed by atoms with Gasteiger partial charge in [-0.15, -0.1) is 22.7 Å². The van der Waals surface area contributed by atoms with Gasteiger partial charge in [0.25, 0.3) is 5.91 Å². The largest absolute Gasteiger partial charge is 0.298 e. The van der Waals surface area contributed by atoms with E-state index in [0.717, 1.165) is 10.5 Å². The molecule has 24 heavy (non-hydrogen) atoms. The van der Waals surface area contributed by atoms with E-state index in [1.807, 2.05) is 17.5 Å². The van der Waals surface area contributed by atoms with E-state index in [4.69, 9.17) is 0 Å². The quantitative estimate of drug-likeness (QED) is 0.622. The molecule has 4 rings (SSSR count). The van der Waals surface area contributed by atoms with Gasteiger partial charge in [-0.2, -0.15) is 0 Å². The number of nitrogens with zero attached hydrogens (tertiary/aromatic N) is 1. The van der Waals surface area contributed by atoms with Crippen molar-refractivity contribution in [1.82, 2.24) is 4.98 Å². The van der Waals surface area contributed by atoms with Gasteiger partial charge in [0.05, 0.1) is 5.57 Å². The number of carbonyl (C=O) groups excluding carboxylic acids is 1. The normalized spacial score (nSPS) is 15.9. The highest BCUT2D eigenvalue weighted by Crippen LogP contribution is 2.34. The standard InChI is InChI=1S/C19H18N2OS2/c22-18(21-19-20-9-10-23-19)15(11-13-5-1-2-6-13)17-12-14-7-3-4-8-16(14)24-17/h3-4,7-13H,1-2,5-6H2,(H,20,21,22)/b15-11+. The molecule has 0 unspecified atom stereocenters. The monoisotopic (exact) mass is 354 g/mol. The number of rotatable bonds is 4. The van der Waals surface area contributed by atoms with Crippen molar-refractivity contribution >= 4 is 49.4 Å². The first-order valence-electron chi connectivity index (χ1n) is 8.21. The number of fused-ring (bicyclic) bond motifs is 1. The first-order valence-corrected chi connectivity index (χ1v) is 9.91. The highest BCUT2D eigenvalue weighted by molar-refractivity contribution is 7.20. The third kappa shape index (κ3) is 3.28. The van der Waals surface area contributed by atoms with Crippen molar-refractivity contribution in [3.63, 3.8) is 0 Å². The summed E-state index contributed by atoms with van der Waals surface area (Å²) in [5.74, 6) is 0.454. The Morgan fingerprint density at radius 2 is 2.08 bits per heavy atom. The molecule has 2 heterocycles. The van der Waals surface area contributed by atoms with Gasteiger partial charge in [-0.3, -0.25) is 10.1 Å². The number of amides is 1. The molecule has 0 bridgehead atoms. The second-order valence-electron chi connectivity index (χ2n) is 6.06. The number of benzene rings is 1. The molecular formula is C19H18N2OS2. The maximum absolute atomic E-state index is 12.9. The number of allylic oxidation sites excluding steroid dienone is 1. The van der Waals surface area contributed by atoms with E-state index < -0.39 is 0 Å². The van der Waals surface area contributed by atoms with Crippen molar-refractivity contribution in [2.75, 3.05) is 5.32 Å². The summed E-state index contributed by atoms with van der Waals surface area (Å²) in [4.78, 5) is 18.1. The van der Waals surface area contributed by atoms with E-state index in [1.54, 1.807) is 17.5 Å². The van der Waals surface area contributed by atoms with E-state index in [1.165, 1.54) is 47.1 Å². The van der Waals surface area contributed by atoms with E-state index in [9.17, 15) is 4.79 Å². The van der Waals surface area contributed by atoms with Crippen LogP contribution in [0.3, 0.4) is 0 Å². The molecule has 1 saturated carbocycles. The van der Waals surface area contributed by atoms with Crippen molar-refractivity contribution in [3.05, 3.63) is 52.9 Å². The van der Waals surface area contributed by atoms with Crippen LogP contribution in [0.5, 0.6) is 0 Å². The van der Waals surface area contributed by atoms with E-state index in [0.29, 0.717) is 11.0 Å². The lowest BCUT2D eigenvalue weighted by atomic mass is 10.0. The molecule has 3 nitrogen and oxygen atoms in total. The van der Waals surface area contributed by atoms with Crippen molar-refractivity contribution < 1.29 is 4.79 Å². The van der Waals surface area contributed by atoms with Gasteiger partial charge in [-0.1, -0.05) is 37.1 Å². The molecule has 0 saturated heterocycles. The lowest BCUT2D eigenvalue weighted by Gasteiger charge is -2.09. The summed E-state index contributed by atoms with van der Waals surface area (Å²) in [5.41, 5.74) is 0.790. The molecule has 1 fully saturated rings. The van der Waals surface area contributed by atoms with Crippen molar-refractivity contribution in [3.8, 4) is 0 Å². The van der Waals surface area contributed by atoms with Crippen molar-refractivity contribution in [1.29, 1.82) is 0 Å². The van der Waals surface area contributed by atoms with Crippen LogP contribution in [0.2, 0.25) is 0 Å². The molecule has 0 aliphatic heterocycles. The van der Waals surface area contributed by atoms with Crippen LogP contribution < -0.4 is 5.32 Å². The summed E-state index contributed by atoms with van der Waals surface area (Å²) >= 11 is 3.13. The minimum Gasteiger partial charge on any atom is -0.298 e.